The van der Waals surface area contributed by atoms with E-state index in [4.69, 9.17) is 10.2 Å². The minimum Gasteiger partial charge on any atom is -0.394 e. The van der Waals surface area contributed by atoms with Crippen LogP contribution in [-0.4, -0.2) is 28.0 Å². The molecule has 2 N–H and O–H groups in total. The highest BCUT2D eigenvalue weighted by atomic mass is 16.3. The Morgan fingerprint density at radius 2 is 1.64 bits per heavy atom. The third kappa shape index (κ3) is 2.02. The monoisotopic (exact) mass is 197 g/mol. The fourth-order valence-electron chi connectivity index (χ4n) is 1.67. The van der Waals surface area contributed by atoms with Gasteiger partial charge >= 0.3 is 0 Å². The highest BCUT2D eigenvalue weighted by Crippen LogP contribution is 2.11. The molecule has 0 radical (unpaired) electrons. The molecule has 0 amide bonds. The van der Waals surface area contributed by atoms with Crippen LogP contribution in [-0.2, 0) is 0 Å². The lowest BCUT2D eigenvalue weighted by Crippen LogP contribution is -2.23. The smallest absolute Gasteiger partial charge is 0.182 e. The van der Waals surface area contributed by atoms with Crippen molar-refractivity contribution in [3.8, 4) is 0 Å². The van der Waals surface area contributed by atoms with Gasteiger partial charge in [0.15, 0.2) is 5.43 Å². The molecule has 1 aromatic rings. The Morgan fingerprint density at radius 1 is 1.21 bits per heavy atom. The van der Waals surface area contributed by atoms with Crippen molar-refractivity contribution in [2.75, 3.05) is 13.2 Å². The second-order valence-electron chi connectivity index (χ2n) is 3.36. The van der Waals surface area contributed by atoms with Gasteiger partial charge in [-0.3, -0.25) is 4.79 Å². The Labute approximate surface area is 82.4 Å². The molecule has 0 spiro atoms. The van der Waals surface area contributed by atoms with Crippen LogP contribution in [0.4, 0.5) is 0 Å². The third-order valence-corrected chi connectivity index (χ3v) is 2.25. The molecular formula is C10H15NO3. The summed E-state index contributed by atoms with van der Waals surface area (Å²) in [7, 11) is 0. The van der Waals surface area contributed by atoms with Gasteiger partial charge in [0.25, 0.3) is 0 Å². The molecule has 0 saturated heterocycles. The van der Waals surface area contributed by atoms with Crippen molar-refractivity contribution < 1.29 is 10.2 Å². The summed E-state index contributed by atoms with van der Waals surface area (Å²) in [5.41, 5.74) is 1.46. The van der Waals surface area contributed by atoms with Gasteiger partial charge < -0.3 is 14.8 Å². The second kappa shape index (κ2) is 4.39. The van der Waals surface area contributed by atoms with E-state index in [1.54, 1.807) is 18.4 Å². The summed E-state index contributed by atoms with van der Waals surface area (Å²) in [6.07, 6.45) is 0. The van der Waals surface area contributed by atoms with E-state index in [0.29, 0.717) is 0 Å². The van der Waals surface area contributed by atoms with Crippen molar-refractivity contribution in [2.45, 2.75) is 19.9 Å². The highest BCUT2D eigenvalue weighted by Gasteiger charge is 2.11. The SMILES string of the molecule is Cc1cc(=O)cc(C)n1C(CO)CO. The summed E-state index contributed by atoms with van der Waals surface area (Å²) in [6, 6.07) is 2.62. The van der Waals surface area contributed by atoms with Crippen LogP contribution in [0.2, 0.25) is 0 Å². The van der Waals surface area contributed by atoms with Crippen molar-refractivity contribution in [3.63, 3.8) is 0 Å². The van der Waals surface area contributed by atoms with Crippen molar-refractivity contribution in [3.05, 3.63) is 33.7 Å². The summed E-state index contributed by atoms with van der Waals surface area (Å²) in [5.74, 6) is 0. The minimum absolute atomic E-state index is 0.0501. The van der Waals surface area contributed by atoms with Crippen molar-refractivity contribution in [1.29, 1.82) is 0 Å². The van der Waals surface area contributed by atoms with Crippen molar-refractivity contribution >= 4 is 0 Å². The Hall–Kier alpha value is -1.13. The maximum atomic E-state index is 11.1. The number of hydrogen-bond donors (Lipinski definition) is 2. The van der Waals surface area contributed by atoms with Gasteiger partial charge in [0.2, 0.25) is 0 Å². The average Bonchev–Trinajstić information content (AvgIpc) is 2.10. The van der Waals surface area contributed by atoms with Crippen molar-refractivity contribution in [2.24, 2.45) is 0 Å². The molecule has 0 unspecified atom stereocenters. The number of rotatable bonds is 3. The number of aliphatic hydroxyl groups is 2. The van der Waals surface area contributed by atoms with E-state index in [2.05, 4.69) is 0 Å². The predicted molar refractivity (Wildman–Crippen MR) is 53.4 cm³/mol. The van der Waals surface area contributed by atoms with Crippen LogP contribution in [0.15, 0.2) is 16.9 Å². The molecule has 0 aromatic carbocycles. The molecule has 78 valence electrons. The molecule has 0 fully saturated rings. The van der Waals surface area contributed by atoms with Gasteiger partial charge in [-0.15, -0.1) is 0 Å². The Morgan fingerprint density at radius 3 is 2.00 bits per heavy atom. The van der Waals surface area contributed by atoms with Crippen LogP contribution < -0.4 is 5.43 Å². The Kier molecular flexibility index (Phi) is 3.43. The largest absolute Gasteiger partial charge is 0.394 e. The van der Waals surface area contributed by atoms with E-state index in [-0.39, 0.29) is 24.7 Å². The van der Waals surface area contributed by atoms with Crippen LogP contribution in [0, 0.1) is 13.8 Å². The molecule has 0 aliphatic rings. The zero-order valence-corrected chi connectivity index (χ0v) is 8.40. The molecule has 1 rings (SSSR count). The van der Waals surface area contributed by atoms with E-state index >= 15 is 0 Å². The molecule has 14 heavy (non-hydrogen) atoms. The molecule has 0 aliphatic heterocycles. The fourth-order valence-corrected chi connectivity index (χ4v) is 1.67. The molecule has 0 saturated carbocycles. The van der Waals surface area contributed by atoms with E-state index < -0.39 is 0 Å². The lowest BCUT2D eigenvalue weighted by Gasteiger charge is -2.21. The van der Waals surface area contributed by atoms with Gasteiger partial charge in [0, 0.05) is 23.5 Å². The summed E-state index contributed by atoms with van der Waals surface area (Å²) in [5, 5.41) is 18.1. The maximum Gasteiger partial charge on any atom is 0.182 e. The molecule has 4 heteroatoms. The summed E-state index contributed by atoms with van der Waals surface area (Å²) >= 11 is 0. The minimum atomic E-state index is -0.365. The summed E-state index contributed by atoms with van der Waals surface area (Å²) in [6.45, 7) is 3.29. The number of pyridine rings is 1. The van der Waals surface area contributed by atoms with Crippen LogP contribution in [0.25, 0.3) is 0 Å². The zero-order chi connectivity index (χ0) is 10.7. The van der Waals surface area contributed by atoms with E-state index in [1.807, 2.05) is 0 Å². The van der Waals surface area contributed by atoms with Crippen LogP contribution in [0.5, 0.6) is 0 Å². The topological polar surface area (TPSA) is 62.5 Å². The predicted octanol–water partition coefficient (Wildman–Crippen LogP) is -0.00916. The maximum absolute atomic E-state index is 11.1. The number of nitrogens with zero attached hydrogens (tertiary/aromatic N) is 1. The molecule has 4 nitrogen and oxygen atoms in total. The Balaban J connectivity index is 3.26. The Bertz CT molecular complexity index is 340. The van der Waals surface area contributed by atoms with Gasteiger partial charge in [0.05, 0.1) is 19.3 Å². The molecular weight excluding hydrogens is 182 g/mol. The molecule has 0 aliphatic carbocycles. The fraction of sp³-hybridized carbons (Fsp3) is 0.500. The van der Waals surface area contributed by atoms with Gasteiger partial charge in [-0.05, 0) is 13.8 Å². The van der Waals surface area contributed by atoms with E-state index in [0.717, 1.165) is 11.4 Å². The van der Waals surface area contributed by atoms with E-state index in [9.17, 15) is 4.79 Å². The first-order chi connectivity index (χ1) is 6.60. The van der Waals surface area contributed by atoms with E-state index in [1.165, 1.54) is 12.1 Å². The standard InChI is InChI=1S/C10H15NO3/c1-7-3-10(14)4-8(2)11(7)9(5-12)6-13/h3-4,9,12-13H,5-6H2,1-2H3. The van der Waals surface area contributed by atoms with Gasteiger partial charge in [-0.25, -0.2) is 0 Å². The average molecular weight is 197 g/mol. The number of hydrogen-bond acceptors (Lipinski definition) is 3. The quantitative estimate of drug-likeness (QED) is 0.716. The first-order valence-electron chi connectivity index (χ1n) is 4.51. The summed E-state index contributed by atoms with van der Waals surface area (Å²) < 4.78 is 1.77. The third-order valence-electron chi connectivity index (χ3n) is 2.25. The van der Waals surface area contributed by atoms with Gasteiger partial charge in [-0.1, -0.05) is 0 Å². The number of aryl methyl sites for hydroxylation is 2. The first-order valence-corrected chi connectivity index (χ1v) is 4.51. The van der Waals surface area contributed by atoms with Gasteiger partial charge in [-0.2, -0.15) is 0 Å². The highest BCUT2D eigenvalue weighted by molar-refractivity contribution is 5.13. The number of aromatic nitrogens is 1. The van der Waals surface area contributed by atoms with Crippen LogP contribution in [0.1, 0.15) is 17.4 Å². The second-order valence-corrected chi connectivity index (χ2v) is 3.36. The van der Waals surface area contributed by atoms with Gasteiger partial charge in [0.1, 0.15) is 0 Å². The normalized spacial score (nSPS) is 10.9. The number of aliphatic hydroxyl groups excluding tert-OH is 2. The zero-order valence-electron chi connectivity index (χ0n) is 8.40. The molecule has 0 atom stereocenters. The molecule has 0 bridgehead atoms. The summed E-state index contributed by atoms with van der Waals surface area (Å²) in [4.78, 5) is 11.1. The molecule has 1 heterocycles. The lowest BCUT2D eigenvalue weighted by atomic mass is 10.2. The van der Waals surface area contributed by atoms with Crippen molar-refractivity contribution in [1.82, 2.24) is 4.57 Å². The lowest BCUT2D eigenvalue weighted by molar-refractivity contribution is 0.151. The first kappa shape index (κ1) is 10.9. The van der Waals surface area contributed by atoms with Crippen LogP contribution >= 0.6 is 0 Å². The molecule has 1 aromatic heterocycles. The van der Waals surface area contributed by atoms with Crippen LogP contribution in [0.3, 0.4) is 0 Å².